The molecule has 4 aromatic rings. The lowest BCUT2D eigenvalue weighted by Gasteiger charge is -2.06. The summed E-state index contributed by atoms with van der Waals surface area (Å²) in [5, 5.41) is 5.92. The molecule has 0 atom stereocenters. The Balaban J connectivity index is 1.65. The van der Waals surface area contributed by atoms with Crippen LogP contribution in [0.25, 0.3) is 11.2 Å². The van der Waals surface area contributed by atoms with Crippen molar-refractivity contribution in [3.05, 3.63) is 61.5 Å². The smallest absolute Gasteiger partial charge is 0.332 e. The topological polar surface area (TPSA) is 96.0 Å². The first-order chi connectivity index (χ1) is 13.9. The predicted molar refractivity (Wildman–Crippen MR) is 113 cm³/mol. The summed E-state index contributed by atoms with van der Waals surface area (Å²) < 4.78 is 9.05. The number of imidazole rings is 1. The highest BCUT2D eigenvalue weighted by Gasteiger charge is 2.19. The molecule has 0 radical (unpaired) electrons. The monoisotopic (exact) mass is 432 g/mol. The molecule has 1 aromatic carbocycles. The summed E-state index contributed by atoms with van der Waals surface area (Å²) in [6, 6.07) is 7.50. The summed E-state index contributed by atoms with van der Waals surface area (Å²) in [7, 11) is 4.60. The van der Waals surface area contributed by atoms with E-state index in [1.807, 2.05) is 29.6 Å². The molecule has 0 aliphatic carbocycles. The number of ether oxygens (including phenoxy) is 1. The minimum atomic E-state index is -0.455. The van der Waals surface area contributed by atoms with Gasteiger partial charge in [-0.2, -0.15) is 4.98 Å². The molecule has 9 nitrogen and oxygen atoms in total. The zero-order chi connectivity index (χ0) is 20.7. The largest absolute Gasteiger partial charge is 0.497 e. The molecule has 3 heterocycles. The molecule has 11 heteroatoms. The number of fused-ring (bicyclic) bond motifs is 1. The maximum Gasteiger partial charge on any atom is 0.332 e. The summed E-state index contributed by atoms with van der Waals surface area (Å²) in [4.78, 5) is 33.5. The van der Waals surface area contributed by atoms with E-state index in [1.165, 1.54) is 23.0 Å². The highest BCUT2D eigenvalue weighted by Crippen LogP contribution is 2.24. The normalized spacial score (nSPS) is 11.2. The minimum Gasteiger partial charge on any atom is -0.497 e. The van der Waals surface area contributed by atoms with Gasteiger partial charge < -0.3 is 14.6 Å². The van der Waals surface area contributed by atoms with Crippen LogP contribution in [0, 0.1) is 0 Å². The van der Waals surface area contributed by atoms with Crippen molar-refractivity contribution in [2.45, 2.75) is 6.54 Å². The first-order valence-electron chi connectivity index (χ1n) is 8.56. The van der Waals surface area contributed by atoms with Crippen molar-refractivity contribution in [3.63, 3.8) is 0 Å². The quantitative estimate of drug-likeness (QED) is 0.486. The number of nitrogens with one attached hydrogen (secondary N) is 1. The number of anilines is 2. The summed E-state index contributed by atoms with van der Waals surface area (Å²) in [6.07, 6.45) is 0. The Morgan fingerprint density at radius 3 is 2.55 bits per heavy atom. The molecule has 0 aliphatic heterocycles. The molecule has 0 unspecified atom stereocenters. The first kappa shape index (κ1) is 19.2. The maximum atomic E-state index is 12.6. The standard InChI is InChI=1S/C18H17ClN6O3S/c1-23-14-13(15(26)24(2)18(23)27)25(16(19)22-14)8-11-9-29-17(21-11)20-10-4-6-12(28-3)7-5-10/h4-7,9H,8H2,1-3H3,(H,20,21). The number of hydrogen-bond acceptors (Lipinski definition) is 7. The number of nitrogens with zero attached hydrogens (tertiary/aromatic N) is 5. The molecular formula is C18H17ClN6O3S. The van der Waals surface area contributed by atoms with E-state index >= 15 is 0 Å². The first-order valence-corrected chi connectivity index (χ1v) is 9.82. The van der Waals surface area contributed by atoms with Gasteiger partial charge in [-0.05, 0) is 35.9 Å². The molecule has 0 saturated carbocycles. The molecule has 1 N–H and O–H groups in total. The Bertz CT molecular complexity index is 1320. The van der Waals surface area contributed by atoms with Gasteiger partial charge in [0.25, 0.3) is 5.56 Å². The minimum absolute atomic E-state index is 0.121. The van der Waals surface area contributed by atoms with Crippen molar-refractivity contribution in [2.75, 3.05) is 12.4 Å². The van der Waals surface area contributed by atoms with Gasteiger partial charge >= 0.3 is 5.69 Å². The zero-order valence-corrected chi connectivity index (χ0v) is 17.4. The number of aromatic nitrogens is 5. The zero-order valence-electron chi connectivity index (χ0n) is 15.8. The van der Waals surface area contributed by atoms with Crippen LogP contribution in [-0.4, -0.2) is 30.8 Å². The highest BCUT2D eigenvalue weighted by molar-refractivity contribution is 7.13. The molecule has 0 fully saturated rings. The van der Waals surface area contributed by atoms with E-state index in [4.69, 9.17) is 16.3 Å². The molecule has 29 heavy (non-hydrogen) atoms. The summed E-state index contributed by atoms with van der Waals surface area (Å²) in [5.74, 6) is 0.771. The van der Waals surface area contributed by atoms with Crippen molar-refractivity contribution in [3.8, 4) is 5.75 Å². The van der Waals surface area contributed by atoms with Crippen LogP contribution >= 0.6 is 22.9 Å². The Labute approximate surface area is 173 Å². The average molecular weight is 433 g/mol. The van der Waals surface area contributed by atoms with Crippen LogP contribution in [0.4, 0.5) is 10.8 Å². The second kappa shape index (κ2) is 7.37. The van der Waals surface area contributed by atoms with E-state index in [-0.39, 0.29) is 23.0 Å². The fraction of sp³-hybridized carbons (Fsp3) is 0.222. The van der Waals surface area contributed by atoms with Gasteiger partial charge in [-0.25, -0.2) is 9.78 Å². The summed E-state index contributed by atoms with van der Waals surface area (Å²) >= 11 is 7.70. The van der Waals surface area contributed by atoms with Crippen LogP contribution in [0.2, 0.25) is 5.28 Å². The number of rotatable bonds is 5. The molecule has 0 spiro atoms. The van der Waals surface area contributed by atoms with E-state index < -0.39 is 11.2 Å². The lowest BCUT2D eigenvalue weighted by molar-refractivity contribution is 0.415. The number of thiazole rings is 1. The van der Waals surface area contributed by atoms with E-state index in [0.717, 1.165) is 16.0 Å². The third kappa shape index (κ3) is 3.40. The van der Waals surface area contributed by atoms with E-state index in [2.05, 4.69) is 15.3 Å². The lowest BCUT2D eigenvalue weighted by atomic mass is 10.3. The fourth-order valence-corrected chi connectivity index (χ4v) is 3.91. The molecule has 0 saturated heterocycles. The van der Waals surface area contributed by atoms with Gasteiger partial charge in [-0.15, -0.1) is 11.3 Å². The Hall–Kier alpha value is -3.11. The van der Waals surface area contributed by atoms with Gasteiger partial charge in [0.2, 0.25) is 5.28 Å². The molecule has 0 bridgehead atoms. The number of benzene rings is 1. The van der Waals surface area contributed by atoms with Crippen molar-refractivity contribution < 1.29 is 4.74 Å². The number of hydrogen-bond donors (Lipinski definition) is 1. The SMILES string of the molecule is COc1ccc(Nc2nc(Cn3c(Cl)nc4c3c(=O)n(C)c(=O)n4C)cs2)cc1. The van der Waals surface area contributed by atoms with E-state index in [0.29, 0.717) is 10.8 Å². The van der Waals surface area contributed by atoms with Crippen molar-refractivity contribution in [2.24, 2.45) is 14.1 Å². The van der Waals surface area contributed by atoms with Crippen LogP contribution in [0.3, 0.4) is 0 Å². The van der Waals surface area contributed by atoms with Gasteiger partial charge in [0.15, 0.2) is 16.3 Å². The molecule has 0 aliphatic rings. The van der Waals surface area contributed by atoms with Crippen LogP contribution < -0.4 is 21.3 Å². The molecule has 0 amide bonds. The van der Waals surface area contributed by atoms with E-state index in [1.54, 1.807) is 18.7 Å². The van der Waals surface area contributed by atoms with Crippen molar-refractivity contribution >= 4 is 44.9 Å². The predicted octanol–water partition coefficient (Wildman–Crippen LogP) is 2.34. The van der Waals surface area contributed by atoms with Gasteiger partial charge in [0.1, 0.15) is 5.75 Å². The summed E-state index contributed by atoms with van der Waals surface area (Å²) in [5.41, 5.74) is 1.19. The Kier molecular flexibility index (Phi) is 4.89. The maximum absolute atomic E-state index is 12.6. The van der Waals surface area contributed by atoms with Gasteiger partial charge in [-0.3, -0.25) is 13.9 Å². The fourth-order valence-electron chi connectivity index (χ4n) is 2.96. The molecule has 150 valence electrons. The van der Waals surface area contributed by atoms with Gasteiger partial charge in [-0.1, -0.05) is 0 Å². The van der Waals surface area contributed by atoms with Gasteiger partial charge in [0, 0.05) is 25.2 Å². The van der Waals surface area contributed by atoms with Crippen LogP contribution in [0.1, 0.15) is 5.69 Å². The van der Waals surface area contributed by atoms with Crippen LogP contribution in [0.15, 0.2) is 39.2 Å². The molecule has 3 aromatic heterocycles. The van der Waals surface area contributed by atoms with E-state index in [9.17, 15) is 9.59 Å². The third-order valence-corrected chi connectivity index (χ3v) is 5.61. The third-order valence-electron chi connectivity index (χ3n) is 4.51. The second-order valence-electron chi connectivity index (χ2n) is 6.34. The van der Waals surface area contributed by atoms with Gasteiger partial charge in [0.05, 0.1) is 19.3 Å². The number of halogens is 1. The highest BCUT2D eigenvalue weighted by atomic mass is 35.5. The number of aryl methyl sites for hydroxylation is 1. The molecule has 4 rings (SSSR count). The summed E-state index contributed by atoms with van der Waals surface area (Å²) in [6.45, 7) is 0.254. The average Bonchev–Trinajstić information content (AvgIpc) is 3.30. The Morgan fingerprint density at radius 2 is 1.86 bits per heavy atom. The van der Waals surface area contributed by atoms with Crippen molar-refractivity contribution in [1.29, 1.82) is 0 Å². The number of methoxy groups -OCH3 is 1. The lowest BCUT2D eigenvalue weighted by Crippen LogP contribution is -2.37. The Morgan fingerprint density at radius 1 is 1.14 bits per heavy atom. The van der Waals surface area contributed by atoms with Crippen LogP contribution in [0.5, 0.6) is 5.75 Å². The van der Waals surface area contributed by atoms with Crippen LogP contribution in [-0.2, 0) is 20.6 Å². The molecular weight excluding hydrogens is 416 g/mol. The second-order valence-corrected chi connectivity index (χ2v) is 7.54. The van der Waals surface area contributed by atoms with Crippen molar-refractivity contribution in [1.82, 2.24) is 23.7 Å².